The lowest BCUT2D eigenvalue weighted by Gasteiger charge is -2.17. The minimum atomic E-state index is -0.610. The molecule has 0 saturated carbocycles. The van der Waals surface area contributed by atoms with Gasteiger partial charge in [-0.05, 0) is 68.7 Å². The first kappa shape index (κ1) is 16.9. The van der Waals surface area contributed by atoms with E-state index in [-0.39, 0.29) is 5.91 Å². The average molecular weight is 313 g/mol. The fourth-order valence-corrected chi connectivity index (χ4v) is 2.41. The molecule has 0 aliphatic heterocycles. The Morgan fingerprint density at radius 3 is 2.26 bits per heavy atom. The van der Waals surface area contributed by atoms with Crippen LogP contribution in [-0.2, 0) is 4.79 Å². The van der Waals surface area contributed by atoms with Crippen LogP contribution < -0.4 is 14.8 Å². The molecule has 0 unspecified atom stereocenters. The molecule has 23 heavy (non-hydrogen) atoms. The standard InChI is InChI=1S/C19H23NO3/c1-12-6-7-18(22-5)17(11-12)20-19(21)15(4)23-16-9-13(2)8-14(3)10-16/h6-11,15H,1-5H3,(H,20,21)/t15-/m1/s1. The van der Waals surface area contributed by atoms with E-state index in [0.29, 0.717) is 17.2 Å². The van der Waals surface area contributed by atoms with Gasteiger partial charge in [0.2, 0.25) is 0 Å². The van der Waals surface area contributed by atoms with Gasteiger partial charge in [0.15, 0.2) is 6.10 Å². The van der Waals surface area contributed by atoms with Gasteiger partial charge in [-0.15, -0.1) is 0 Å². The smallest absolute Gasteiger partial charge is 0.265 e. The van der Waals surface area contributed by atoms with Gasteiger partial charge in [-0.2, -0.15) is 0 Å². The summed E-state index contributed by atoms with van der Waals surface area (Å²) in [7, 11) is 1.58. The van der Waals surface area contributed by atoms with Gasteiger partial charge in [-0.3, -0.25) is 4.79 Å². The van der Waals surface area contributed by atoms with Crippen molar-refractivity contribution in [3.05, 3.63) is 53.1 Å². The zero-order chi connectivity index (χ0) is 17.0. The molecule has 2 rings (SSSR count). The zero-order valence-electron chi connectivity index (χ0n) is 14.3. The highest BCUT2D eigenvalue weighted by Gasteiger charge is 2.17. The normalized spacial score (nSPS) is 11.7. The van der Waals surface area contributed by atoms with Crippen molar-refractivity contribution in [2.75, 3.05) is 12.4 Å². The van der Waals surface area contributed by atoms with Crippen molar-refractivity contribution >= 4 is 11.6 Å². The van der Waals surface area contributed by atoms with Crippen LogP contribution in [-0.4, -0.2) is 19.1 Å². The van der Waals surface area contributed by atoms with Crippen molar-refractivity contribution in [2.24, 2.45) is 0 Å². The van der Waals surface area contributed by atoms with E-state index in [0.717, 1.165) is 16.7 Å². The lowest BCUT2D eigenvalue weighted by molar-refractivity contribution is -0.122. The molecule has 2 aromatic rings. The van der Waals surface area contributed by atoms with Crippen LogP contribution in [0.25, 0.3) is 0 Å². The molecule has 4 nitrogen and oxygen atoms in total. The summed E-state index contributed by atoms with van der Waals surface area (Å²) in [6, 6.07) is 11.5. The number of nitrogens with one attached hydrogen (secondary N) is 1. The number of methoxy groups -OCH3 is 1. The highest BCUT2D eigenvalue weighted by Crippen LogP contribution is 2.25. The maximum Gasteiger partial charge on any atom is 0.265 e. The molecule has 0 spiro atoms. The summed E-state index contributed by atoms with van der Waals surface area (Å²) in [5.74, 6) is 1.11. The number of rotatable bonds is 5. The van der Waals surface area contributed by atoms with Crippen LogP contribution in [0.15, 0.2) is 36.4 Å². The Kier molecular flexibility index (Phi) is 5.27. The predicted molar refractivity (Wildman–Crippen MR) is 92.4 cm³/mol. The number of carbonyl (C=O) groups excluding carboxylic acids is 1. The minimum Gasteiger partial charge on any atom is -0.495 e. The fraction of sp³-hybridized carbons (Fsp3) is 0.316. The van der Waals surface area contributed by atoms with Crippen LogP contribution in [0, 0.1) is 20.8 Å². The SMILES string of the molecule is COc1ccc(C)cc1NC(=O)[C@@H](C)Oc1cc(C)cc(C)c1. The summed E-state index contributed by atoms with van der Waals surface area (Å²) in [4.78, 5) is 12.4. The lowest BCUT2D eigenvalue weighted by Crippen LogP contribution is -2.30. The summed E-state index contributed by atoms with van der Waals surface area (Å²) >= 11 is 0. The van der Waals surface area contributed by atoms with Gasteiger partial charge in [-0.1, -0.05) is 12.1 Å². The van der Waals surface area contributed by atoms with Crippen LogP contribution >= 0.6 is 0 Å². The van der Waals surface area contributed by atoms with Crippen molar-refractivity contribution in [1.82, 2.24) is 0 Å². The van der Waals surface area contributed by atoms with E-state index in [1.807, 2.05) is 51.1 Å². The van der Waals surface area contributed by atoms with Crippen molar-refractivity contribution in [1.29, 1.82) is 0 Å². The summed E-state index contributed by atoms with van der Waals surface area (Å²) in [5, 5.41) is 2.86. The van der Waals surface area contributed by atoms with Gasteiger partial charge in [0.05, 0.1) is 12.8 Å². The van der Waals surface area contributed by atoms with Crippen LogP contribution in [0.2, 0.25) is 0 Å². The molecule has 0 heterocycles. The Labute approximate surface area is 137 Å². The van der Waals surface area contributed by atoms with E-state index in [9.17, 15) is 4.79 Å². The second kappa shape index (κ2) is 7.18. The topological polar surface area (TPSA) is 47.6 Å². The van der Waals surface area contributed by atoms with Gasteiger partial charge >= 0.3 is 0 Å². The first-order valence-electron chi connectivity index (χ1n) is 7.59. The van der Waals surface area contributed by atoms with Crippen LogP contribution in [0.4, 0.5) is 5.69 Å². The summed E-state index contributed by atoms with van der Waals surface area (Å²) in [5.41, 5.74) is 3.90. The highest BCUT2D eigenvalue weighted by atomic mass is 16.5. The number of carbonyl (C=O) groups is 1. The number of hydrogen-bond acceptors (Lipinski definition) is 3. The third-order valence-electron chi connectivity index (χ3n) is 3.49. The number of hydrogen-bond donors (Lipinski definition) is 1. The molecular formula is C19H23NO3. The zero-order valence-corrected chi connectivity index (χ0v) is 14.3. The second-order valence-corrected chi connectivity index (χ2v) is 5.78. The first-order valence-corrected chi connectivity index (χ1v) is 7.59. The highest BCUT2D eigenvalue weighted by molar-refractivity contribution is 5.95. The van der Waals surface area contributed by atoms with E-state index < -0.39 is 6.10 Å². The molecule has 0 saturated heterocycles. The Hall–Kier alpha value is -2.49. The molecule has 0 fully saturated rings. The van der Waals surface area contributed by atoms with Gasteiger partial charge in [0, 0.05) is 0 Å². The molecule has 4 heteroatoms. The van der Waals surface area contributed by atoms with E-state index >= 15 is 0 Å². The van der Waals surface area contributed by atoms with Crippen molar-refractivity contribution in [3.8, 4) is 11.5 Å². The Bertz CT molecular complexity index is 690. The quantitative estimate of drug-likeness (QED) is 0.906. The van der Waals surface area contributed by atoms with Crippen LogP contribution in [0.1, 0.15) is 23.6 Å². The second-order valence-electron chi connectivity index (χ2n) is 5.78. The van der Waals surface area contributed by atoms with Gasteiger partial charge in [-0.25, -0.2) is 0 Å². The Morgan fingerprint density at radius 2 is 1.65 bits per heavy atom. The number of amides is 1. The van der Waals surface area contributed by atoms with Gasteiger partial charge in [0.1, 0.15) is 11.5 Å². The lowest BCUT2D eigenvalue weighted by atomic mass is 10.1. The maximum absolute atomic E-state index is 12.4. The predicted octanol–water partition coefficient (Wildman–Crippen LogP) is 4.03. The largest absolute Gasteiger partial charge is 0.495 e. The van der Waals surface area contributed by atoms with E-state index in [4.69, 9.17) is 9.47 Å². The maximum atomic E-state index is 12.4. The van der Waals surface area contributed by atoms with Crippen molar-refractivity contribution in [2.45, 2.75) is 33.8 Å². The molecule has 1 amide bonds. The van der Waals surface area contributed by atoms with E-state index in [2.05, 4.69) is 11.4 Å². The Balaban J connectivity index is 2.09. The van der Waals surface area contributed by atoms with Crippen molar-refractivity contribution in [3.63, 3.8) is 0 Å². The molecule has 0 bridgehead atoms. The number of benzene rings is 2. The molecule has 0 aliphatic rings. The monoisotopic (exact) mass is 313 g/mol. The summed E-state index contributed by atoms with van der Waals surface area (Å²) in [6.45, 7) is 7.70. The number of anilines is 1. The third kappa shape index (κ3) is 4.49. The fourth-order valence-electron chi connectivity index (χ4n) is 2.41. The number of aryl methyl sites for hydroxylation is 3. The molecule has 122 valence electrons. The summed E-state index contributed by atoms with van der Waals surface area (Å²) < 4.78 is 11.0. The molecule has 1 N–H and O–H groups in total. The van der Waals surface area contributed by atoms with E-state index in [1.165, 1.54) is 0 Å². The molecule has 0 radical (unpaired) electrons. The van der Waals surface area contributed by atoms with E-state index in [1.54, 1.807) is 14.0 Å². The molecule has 1 atom stereocenters. The van der Waals surface area contributed by atoms with Gasteiger partial charge < -0.3 is 14.8 Å². The first-order chi connectivity index (χ1) is 10.9. The molecular weight excluding hydrogens is 290 g/mol. The van der Waals surface area contributed by atoms with Crippen LogP contribution in [0.3, 0.4) is 0 Å². The summed E-state index contributed by atoms with van der Waals surface area (Å²) in [6.07, 6.45) is -0.610. The van der Waals surface area contributed by atoms with Crippen molar-refractivity contribution < 1.29 is 14.3 Å². The number of ether oxygens (including phenoxy) is 2. The average Bonchev–Trinajstić information content (AvgIpc) is 2.46. The third-order valence-corrected chi connectivity index (χ3v) is 3.49. The molecule has 0 aliphatic carbocycles. The minimum absolute atomic E-state index is 0.215. The Morgan fingerprint density at radius 1 is 1.00 bits per heavy atom. The van der Waals surface area contributed by atoms with Gasteiger partial charge in [0.25, 0.3) is 5.91 Å². The molecule has 0 aromatic heterocycles. The van der Waals surface area contributed by atoms with Crippen LogP contribution in [0.5, 0.6) is 11.5 Å². The molecule has 2 aromatic carbocycles.